The average molecular weight is 327 g/mol. The molecule has 1 aromatic rings. The Morgan fingerprint density at radius 2 is 1.64 bits per heavy atom. The first-order valence-electron chi connectivity index (χ1n) is 8.17. The first-order chi connectivity index (χ1) is 10.4. The molecular weight excluding hydrogens is 298 g/mol. The van der Waals surface area contributed by atoms with Crippen molar-refractivity contribution in [1.29, 1.82) is 0 Å². The highest BCUT2D eigenvalue weighted by Gasteiger charge is 2.05. The van der Waals surface area contributed by atoms with Gasteiger partial charge < -0.3 is 4.90 Å². The summed E-state index contributed by atoms with van der Waals surface area (Å²) in [6, 6.07) is 8.23. The molecule has 0 fully saturated rings. The van der Waals surface area contributed by atoms with Gasteiger partial charge >= 0.3 is 0 Å². The third-order valence-electron chi connectivity index (χ3n) is 3.84. The van der Waals surface area contributed by atoms with Crippen LogP contribution in [0.1, 0.15) is 51.0 Å². The highest BCUT2D eigenvalue weighted by molar-refractivity contribution is 7.85. The molecule has 126 valence electrons. The van der Waals surface area contributed by atoms with Crippen molar-refractivity contribution < 1.29 is 13.0 Å². The van der Waals surface area contributed by atoms with Gasteiger partial charge in [0.05, 0.1) is 5.75 Å². The zero-order valence-electron chi connectivity index (χ0n) is 13.8. The predicted molar refractivity (Wildman–Crippen MR) is 93.2 cm³/mol. The minimum atomic E-state index is -3.84. The van der Waals surface area contributed by atoms with Crippen molar-refractivity contribution >= 4 is 15.8 Å². The van der Waals surface area contributed by atoms with Gasteiger partial charge in [0.25, 0.3) is 10.1 Å². The summed E-state index contributed by atoms with van der Waals surface area (Å²) >= 11 is 0. The second-order valence-corrected chi connectivity index (χ2v) is 7.46. The van der Waals surface area contributed by atoms with Gasteiger partial charge in [-0.3, -0.25) is 4.55 Å². The average Bonchev–Trinajstić information content (AvgIpc) is 2.46. The van der Waals surface area contributed by atoms with Crippen LogP contribution >= 0.6 is 0 Å². The van der Waals surface area contributed by atoms with E-state index in [1.807, 2.05) is 12.1 Å². The first kappa shape index (κ1) is 19.0. The molecule has 0 heterocycles. The van der Waals surface area contributed by atoms with Gasteiger partial charge in [-0.2, -0.15) is 8.42 Å². The molecular formula is C17H29NO3S. The molecule has 0 aromatic heterocycles. The van der Waals surface area contributed by atoms with Gasteiger partial charge in [-0.05, 0) is 37.0 Å². The summed E-state index contributed by atoms with van der Waals surface area (Å²) in [7, 11) is -1.74. The minimum Gasteiger partial charge on any atom is -0.375 e. The van der Waals surface area contributed by atoms with E-state index in [1.54, 1.807) is 0 Å². The fourth-order valence-electron chi connectivity index (χ4n) is 2.46. The Balaban J connectivity index is 2.33. The Bertz CT molecular complexity index is 511. The van der Waals surface area contributed by atoms with Gasteiger partial charge in [0.15, 0.2) is 0 Å². The van der Waals surface area contributed by atoms with Gasteiger partial charge in [0.2, 0.25) is 0 Å². The van der Waals surface area contributed by atoms with Gasteiger partial charge in [-0.1, -0.05) is 44.7 Å². The summed E-state index contributed by atoms with van der Waals surface area (Å²) in [6.45, 7) is 3.29. The van der Waals surface area contributed by atoms with Crippen molar-refractivity contribution in [1.82, 2.24) is 0 Å². The van der Waals surface area contributed by atoms with Crippen LogP contribution in [0.15, 0.2) is 24.3 Å². The Morgan fingerprint density at radius 3 is 2.23 bits per heavy atom. The van der Waals surface area contributed by atoms with Crippen LogP contribution in [0.4, 0.5) is 5.69 Å². The molecule has 0 amide bonds. The monoisotopic (exact) mass is 327 g/mol. The maximum atomic E-state index is 10.7. The molecule has 1 rings (SSSR count). The third-order valence-corrected chi connectivity index (χ3v) is 4.65. The number of hydrogen-bond donors (Lipinski definition) is 1. The van der Waals surface area contributed by atoms with Crippen molar-refractivity contribution in [3.63, 3.8) is 0 Å². The van der Waals surface area contributed by atoms with Crippen LogP contribution in [0, 0.1) is 0 Å². The summed E-state index contributed by atoms with van der Waals surface area (Å²) in [5.41, 5.74) is 2.29. The smallest absolute Gasteiger partial charge is 0.264 e. The van der Waals surface area contributed by atoms with Crippen LogP contribution < -0.4 is 4.90 Å². The molecule has 0 aliphatic rings. The van der Waals surface area contributed by atoms with Crippen molar-refractivity contribution in [2.75, 3.05) is 24.2 Å². The number of anilines is 1. The number of unbranched alkanes of at least 4 members (excludes halogenated alkanes) is 4. The molecule has 0 saturated heterocycles. The lowest BCUT2D eigenvalue weighted by Gasteiger charge is -2.19. The summed E-state index contributed by atoms with van der Waals surface area (Å²) in [5.74, 6) is -0.174. The van der Waals surface area contributed by atoms with Crippen LogP contribution in [-0.4, -0.2) is 32.3 Å². The molecule has 0 radical (unpaired) electrons. The molecule has 0 aliphatic heterocycles. The Morgan fingerprint density at radius 1 is 1.00 bits per heavy atom. The molecule has 0 aliphatic carbocycles. The number of benzene rings is 1. The molecule has 4 nitrogen and oxygen atoms in total. The largest absolute Gasteiger partial charge is 0.375 e. The predicted octanol–water partition coefficient (Wildman–Crippen LogP) is 3.91. The summed E-state index contributed by atoms with van der Waals surface area (Å²) in [6.07, 6.45) is 7.53. The van der Waals surface area contributed by atoms with Crippen LogP contribution in [-0.2, 0) is 16.5 Å². The molecule has 0 bridgehead atoms. The van der Waals surface area contributed by atoms with E-state index >= 15 is 0 Å². The molecule has 0 spiro atoms. The minimum absolute atomic E-state index is 0.174. The van der Waals surface area contributed by atoms with E-state index < -0.39 is 10.1 Å². The normalized spacial score (nSPS) is 11.6. The van der Waals surface area contributed by atoms with E-state index in [1.165, 1.54) is 37.8 Å². The van der Waals surface area contributed by atoms with Crippen LogP contribution in [0.5, 0.6) is 0 Å². The highest BCUT2D eigenvalue weighted by atomic mass is 32.2. The zero-order valence-corrected chi connectivity index (χ0v) is 14.6. The second-order valence-electron chi connectivity index (χ2n) is 5.89. The Hall–Kier alpha value is -1.07. The quantitative estimate of drug-likeness (QED) is 0.494. The zero-order chi connectivity index (χ0) is 16.4. The number of aryl methyl sites for hydroxylation is 1. The van der Waals surface area contributed by atoms with Crippen molar-refractivity contribution in [3.05, 3.63) is 29.8 Å². The summed E-state index contributed by atoms with van der Waals surface area (Å²) in [5, 5.41) is 0. The molecule has 22 heavy (non-hydrogen) atoms. The van der Waals surface area contributed by atoms with Gasteiger partial charge in [-0.25, -0.2) is 0 Å². The summed E-state index contributed by atoms with van der Waals surface area (Å²) in [4.78, 5) is 2.26. The molecule has 0 atom stereocenters. The first-order valence-corrected chi connectivity index (χ1v) is 9.78. The standard InChI is InChI=1S/C17H29NO3S/c1-3-4-5-6-7-14-18(2)17-12-10-16(11-13-17)9-8-15-22(19,20)21/h10-13H,3-9,14-15H2,1-2H3,(H,19,20,21). The van der Waals surface area contributed by atoms with E-state index in [0.717, 1.165) is 12.1 Å². The lowest BCUT2D eigenvalue weighted by molar-refractivity contribution is 0.481. The molecule has 1 aromatic carbocycles. The molecule has 0 saturated carbocycles. The van der Waals surface area contributed by atoms with Crippen LogP contribution in [0.25, 0.3) is 0 Å². The van der Waals surface area contributed by atoms with E-state index in [2.05, 4.69) is 31.0 Å². The van der Waals surface area contributed by atoms with Crippen molar-refractivity contribution in [2.24, 2.45) is 0 Å². The van der Waals surface area contributed by atoms with E-state index in [4.69, 9.17) is 4.55 Å². The number of nitrogens with zero attached hydrogens (tertiary/aromatic N) is 1. The van der Waals surface area contributed by atoms with E-state index in [-0.39, 0.29) is 5.75 Å². The van der Waals surface area contributed by atoms with Crippen LogP contribution in [0.3, 0.4) is 0 Å². The molecule has 5 heteroatoms. The third kappa shape index (κ3) is 8.39. The van der Waals surface area contributed by atoms with Gasteiger partial charge in [0.1, 0.15) is 0 Å². The maximum absolute atomic E-state index is 10.7. The Labute approximate surface area is 135 Å². The number of rotatable bonds is 11. The van der Waals surface area contributed by atoms with E-state index in [0.29, 0.717) is 12.8 Å². The maximum Gasteiger partial charge on any atom is 0.264 e. The fraction of sp³-hybridized carbons (Fsp3) is 0.647. The van der Waals surface area contributed by atoms with Gasteiger partial charge in [-0.15, -0.1) is 0 Å². The van der Waals surface area contributed by atoms with E-state index in [9.17, 15) is 8.42 Å². The van der Waals surface area contributed by atoms with Gasteiger partial charge in [0, 0.05) is 19.3 Å². The SMILES string of the molecule is CCCCCCCN(C)c1ccc(CCCS(=O)(=O)O)cc1. The fourth-order valence-corrected chi connectivity index (χ4v) is 2.97. The summed E-state index contributed by atoms with van der Waals surface area (Å²) < 4.78 is 30.1. The highest BCUT2D eigenvalue weighted by Crippen LogP contribution is 2.16. The van der Waals surface area contributed by atoms with Crippen molar-refractivity contribution in [3.8, 4) is 0 Å². The van der Waals surface area contributed by atoms with Crippen LogP contribution in [0.2, 0.25) is 0 Å². The molecule has 0 unspecified atom stereocenters. The Kier molecular flexibility index (Phi) is 8.49. The lowest BCUT2D eigenvalue weighted by atomic mass is 10.1. The molecule has 1 N–H and O–H groups in total. The topological polar surface area (TPSA) is 57.6 Å². The number of hydrogen-bond acceptors (Lipinski definition) is 3. The lowest BCUT2D eigenvalue weighted by Crippen LogP contribution is -2.18. The second kappa shape index (κ2) is 9.85. The van der Waals surface area contributed by atoms with Crippen molar-refractivity contribution in [2.45, 2.75) is 51.9 Å².